The average molecular weight is 192 g/mol. The fourth-order valence-electron chi connectivity index (χ4n) is 1.46. The van der Waals surface area contributed by atoms with E-state index in [2.05, 4.69) is 0 Å². The van der Waals surface area contributed by atoms with Crippen molar-refractivity contribution in [2.24, 2.45) is 0 Å². The van der Waals surface area contributed by atoms with Gasteiger partial charge in [0, 0.05) is 19.1 Å². The van der Waals surface area contributed by atoms with E-state index in [4.69, 9.17) is 4.74 Å². The molecule has 0 aliphatic heterocycles. The molecule has 0 unspecified atom stereocenters. The Kier molecular flexibility index (Phi) is 3.84. The normalized spacial score (nSPS) is 10.2. The molecule has 0 spiro atoms. The smallest absolute Gasteiger partial charge is 0.165 e. The van der Waals surface area contributed by atoms with E-state index in [-0.39, 0.29) is 5.78 Å². The molecule has 0 amide bonds. The third-order valence-electron chi connectivity index (χ3n) is 2.22. The quantitative estimate of drug-likeness (QED) is 0.685. The maximum absolute atomic E-state index is 11.7. The number of hydrogen-bond donors (Lipinski definition) is 0. The zero-order chi connectivity index (χ0) is 10.6. The highest BCUT2D eigenvalue weighted by atomic mass is 16.5. The van der Waals surface area contributed by atoms with Crippen molar-refractivity contribution in [2.45, 2.75) is 20.3 Å². The zero-order valence-corrected chi connectivity index (χ0v) is 8.96. The minimum Gasteiger partial charge on any atom is -0.384 e. The van der Waals surface area contributed by atoms with Gasteiger partial charge in [0.05, 0.1) is 6.61 Å². The summed E-state index contributed by atoms with van der Waals surface area (Å²) in [7, 11) is 1.61. The number of aryl methyl sites for hydroxylation is 2. The van der Waals surface area contributed by atoms with Crippen molar-refractivity contribution >= 4 is 5.78 Å². The Morgan fingerprint density at radius 1 is 1.36 bits per heavy atom. The Bertz CT molecular complexity index is 329. The van der Waals surface area contributed by atoms with Gasteiger partial charge in [0.1, 0.15) is 0 Å². The number of hydrogen-bond acceptors (Lipinski definition) is 2. The highest BCUT2D eigenvalue weighted by Crippen LogP contribution is 2.12. The summed E-state index contributed by atoms with van der Waals surface area (Å²) in [4.78, 5) is 11.7. The SMILES string of the molecule is COCCC(=O)c1ccc(C)cc1C. The molecular formula is C12H16O2. The predicted molar refractivity (Wildman–Crippen MR) is 56.7 cm³/mol. The Morgan fingerprint density at radius 3 is 2.64 bits per heavy atom. The van der Waals surface area contributed by atoms with Crippen LogP contribution in [0.5, 0.6) is 0 Å². The summed E-state index contributed by atoms with van der Waals surface area (Å²) in [6, 6.07) is 5.88. The van der Waals surface area contributed by atoms with Crippen LogP contribution in [-0.4, -0.2) is 19.5 Å². The van der Waals surface area contributed by atoms with Crippen LogP contribution in [0.1, 0.15) is 27.9 Å². The van der Waals surface area contributed by atoms with Crippen LogP contribution in [0.25, 0.3) is 0 Å². The molecule has 2 nitrogen and oxygen atoms in total. The number of methoxy groups -OCH3 is 1. The molecular weight excluding hydrogens is 176 g/mol. The fraction of sp³-hybridized carbons (Fsp3) is 0.417. The largest absolute Gasteiger partial charge is 0.384 e. The summed E-state index contributed by atoms with van der Waals surface area (Å²) in [6.45, 7) is 4.48. The van der Waals surface area contributed by atoms with Gasteiger partial charge in [-0.2, -0.15) is 0 Å². The summed E-state index contributed by atoms with van der Waals surface area (Å²) in [5.41, 5.74) is 3.05. The average Bonchev–Trinajstić information content (AvgIpc) is 2.14. The summed E-state index contributed by atoms with van der Waals surface area (Å²) in [5.74, 6) is 0.157. The van der Waals surface area contributed by atoms with Crippen molar-refractivity contribution in [3.05, 3.63) is 34.9 Å². The first-order valence-electron chi connectivity index (χ1n) is 4.74. The van der Waals surface area contributed by atoms with Crippen LogP contribution in [0.4, 0.5) is 0 Å². The number of rotatable bonds is 4. The third kappa shape index (κ3) is 2.67. The van der Waals surface area contributed by atoms with Crippen molar-refractivity contribution in [3.63, 3.8) is 0 Å². The van der Waals surface area contributed by atoms with Crippen LogP contribution in [0.2, 0.25) is 0 Å². The number of ketones is 1. The van der Waals surface area contributed by atoms with Crippen LogP contribution in [0, 0.1) is 13.8 Å². The van der Waals surface area contributed by atoms with Crippen molar-refractivity contribution < 1.29 is 9.53 Å². The Balaban J connectivity index is 2.80. The minimum absolute atomic E-state index is 0.157. The van der Waals surface area contributed by atoms with Crippen LogP contribution < -0.4 is 0 Å². The maximum atomic E-state index is 11.7. The molecule has 0 aliphatic rings. The second kappa shape index (κ2) is 4.91. The predicted octanol–water partition coefficient (Wildman–Crippen LogP) is 2.52. The van der Waals surface area contributed by atoms with Gasteiger partial charge in [-0.15, -0.1) is 0 Å². The Morgan fingerprint density at radius 2 is 2.07 bits per heavy atom. The summed E-state index contributed by atoms with van der Waals surface area (Å²) in [6.07, 6.45) is 0.459. The molecule has 2 heteroatoms. The molecule has 0 heterocycles. The van der Waals surface area contributed by atoms with E-state index in [1.807, 2.05) is 32.0 Å². The number of Topliss-reactive ketones (excluding diaryl/α,β-unsaturated/α-hetero) is 1. The van der Waals surface area contributed by atoms with E-state index < -0.39 is 0 Å². The minimum atomic E-state index is 0.157. The van der Waals surface area contributed by atoms with E-state index >= 15 is 0 Å². The monoisotopic (exact) mass is 192 g/mol. The summed E-state index contributed by atoms with van der Waals surface area (Å²) in [5, 5.41) is 0. The van der Waals surface area contributed by atoms with Crippen molar-refractivity contribution in [1.29, 1.82) is 0 Å². The van der Waals surface area contributed by atoms with Gasteiger partial charge in [0.15, 0.2) is 5.78 Å². The molecule has 0 saturated carbocycles. The van der Waals surface area contributed by atoms with E-state index in [0.717, 1.165) is 11.1 Å². The van der Waals surface area contributed by atoms with Crippen molar-refractivity contribution in [1.82, 2.24) is 0 Å². The number of benzene rings is 1. The standard InChI is InChI=1S/C12H16O2/c1-9-4-5-11(10(2)8-9)12(13)6-7-14-3/h4-5,8H,6-7H2,1-3H3. The highest BCUT2D eigenvalue weighted by Gasteiger charge is 2.07. The molecule has 1 rings (SSSR count). The lowest BCUT2D eigenvalue weighted by Crippen LogP contribution is -2.05. The number of ether oxygens (including phenoxy) is 1. The van der Waals surface area contributed by atoms with Gasteiger partial charge in [-0.3, -0.25) is 4.79 Å². The third-order valence-corrected chi connectivity index (χ3v) is 2.22. The van der Waals surface area contributed by atoms with E-state index in [1.165, 1.54) is 5.56 Å². The molecule has 1 aromatic rings. The molecule has 1 aromatic carbocycles. The fourth-order valence-corrected chi connectivity index (χ4v) is 1.46. The lowest BCUT2D eigenvalue weighted by molar-refractivity contribution is 0.0931. The van der Waals surface area contributed by atoms with Crippen LogP contribution in [-0.2, 0) is 4.74 Å². The summed E-state index contributed by atoms with van der Waals surface area (Å²) < 4.78 is 4.88. The van der Waals surface area contributed by atoms with E-state index in [0.29, 0.717) is 13.0 Å². The molecule has 0 radical (unpaired) electrons. The van der Waals surface area contributed by atoms with E-state index in [9.17, 15) is 4.79 Å². The molecule has 0 saturated heterocycles. The van der Waals surface area contributed by atoms with Gasteiger partial charge >= 0.3 is 0 Å². The molecule has 0 atom stereocenters. The molecule has 0 aliphatic carbocycles. The Labute approximate surface area is 84.9 Å². The first-order valence-corrected chi connectivity index (χ1v) is 4.74. The van der Waals surface area contributed by atoms with Crippen LogP contribution in [0.15, 0.2) is 18.2 Å². The molecule has 0 N–H and O–H groups in total. The zero-order valence-electron chi connectivity index (χ0n) is 8.96. The summed E-state index contributed by atoms with van der Waals surface area (Å²) >= 11 is 0. The first kappa shape index (κ1) is 10.9. The molecule has 76 valence electrons. The first-order chi connectivity index (χ1) is 6.65. The van der Waals surface area contributed by atoms with Gasteiger partial charge < -0.3 is 4.74 Å². The second-order valence-electron chi connectivity index (χ2n) is 3.48. The number of carbonyl (C=O) groups excluding carboxylic acids is 1. The molecule has 0 aromatic heterocycles. The Hall–Kier alpha value is -1.15. The van der Waals surface area contributed by atoms with E-state index in [1.54, 1.807) is 7.11 Å². The van der Waals surface area contributed by atoms with Gasteiger partial charge in [-0.25, -0.2) is 0 Å². The molecule has 0 fully saturated rings. The van der Waals surface area contributed by atoms with Crippen molar-refractivity contribution in [3.8, 4) is 0 Å². The maximum Gasteiger partial charge on any atom is 0.165 e. The highest BCUT2D eigenvalue weighted by molar-refractivity contribution is 5.97. The van der Waals surface area contributed by atoms with Crippen molar-refractivity contribution in [2.75, 3.05) is 13.7 Å². The van der Waals surface area contributed by atoms with Gasteiger partial charge in [-0.1, -0.05) is 23.8 Å². The molecule has 0 bridgehead atoms. The molecule has 14 heavy (non-hydrogen) atoms. The van der Waals surface area contributed by atoms with Crippen LogP contribution in [0.3, 0.4) is 0 Å². The van der Waals surface area contributed by atoms with Gasteiger partial charge in [-0.05, 0) is 19.4 Å². The topological polar surface area (TPSA) is 26.3 Å². The second-order valence-corrected chi connectivity index (χ2v) is 3.48. The van der Waals surface area contributed by atoms with Gasteiger partial charge in [0.25, 0.3) is 0 Å². The number of carbonyl (C=O) groups is 1. The lowest BCUT2D eigenvalue weighted by atomic mass is 10.0. The van der Waals surface area contributed by atoms with Gasteiger partial charge in [0.2, 0.25) is 0 Å². The lowest BCUT2D eigenvalue weighted by Gasteiger charge is -2.05. The van der Waals surface area contributed by atoms with Crippen LogP contribution >= 0.6 is 0 Å².